The highest BCUT2D eigenvalue weighted by atomic mass is 79.9. The van der Waals surface area contributed by atoms with E-state index in [2.05, 4.69) is 34.2 Å². The van der Waals surface area contributed by atoms with Gasteiger partial charge in [0.1, 0.15) is 0 Å². The van der Waals surface area contributed by atoms with E-state index >= 15 is 0 Å². The number of halogens is 1. The summed E-state index contributed by atoms with van der Waals surface area (Å²) in [6.07, 6.45) is 5.04. The molecule has 0 fully saturated rings. The summed E-state index contributed by atoms with van der Waals surface area (Å²) < 4.78 is 0.981. The molecule has 0 aromatic heterocycles. The van der Waals surface area contributed by atoms with Crippen LogP contribution in [0, 0.1) is 5.92 Å². The molecule has 90 valence electrons. The average Bonchev–Trinajstić information content (AvgIpc) is 2.29. The molecule has 1 N–H and O–H groups in total. The third-order valence-corrected chi connectivity index (χ3v) is 3.59. The number of rotatable bonds is 2. The third-order valence-electron chi connectivity index (χ3n) is 3.10. The molecule has 1 aliphatic carbocycles. The second kappa shape index (κ2) is 5.50. The molecule has 0 aliphatic heterocycles. The lowest BCUT2D eigenvalue weighted by Gasteiger charge is -2.19. The minimum absolute atomic E-state index is 0.123. The zero-order valence-electron chi connectivity index (χ0n) is 9.87. The fourth-order valence-corrected chi connectivity index (χ4v) is 2.41. The molecule has 1 amide bonds. The lowest BCUT2D eigenvalue weighted by molar-refractivity contribution is -0.120. The minimum atomic E-state index is 0.123. The average molecular weight is 294 g/mol. The van der Waals surface area contributed by atoms with Gasteiger partial charge in [-0.05, 0) is 44.4 Å². The van der Waals surface area contributed by atoms with Crippen molar-refractivity contribution in [2.75, 3.05) is 5.32 Å². The Kier molecular flexibility index (Phi) is 4.00. The van der Waals surface area contributed by atoms with Crippen LogP contribution in [0.2, 0.25) is 0 Å². The predicted molar refractivity (Wildman–Crippen MR) is 73.9 cm³/mol. The third kappa shape index (κ3) is 3.43. The molecule has 1 aromatic carbocycles. The number of benzene rings is 1. The predicted octanol–water partition coefficient (Wildman–Crippen LogP) is 4.13. The fraction of sp³-hybridized carbons (Fsp3) is 0.357. The van der Waals surface area contributed by atoms with Gasteiger partial charge < -0.3 is 5.32 Å². The number of anilines is 1. The number of carbonyl (C=O) groups excluding carboxylic acids is 1. The summed E-state index contributed by atoms with van der Waals surface area (Å²) in [7, 11) is 0. The van der Waals surface area contributed by atoms with Gasteiger partial charge in [-0.3, -0.25) is 4.79 Å². The highest BCUT2D eigenvalue weighted by Crippen LogP contribution is 2.25. The number of allylic oxidation sites excluding steroid dienone is 2. The Balaban J connectivity index is 1.98. The van der Waals surface area contributed by atoms with E-state index in [4.69, 9.17) is 0 Å². The van der Waals surface area contributed by atoms with E-state index in [-0.39, 0.29) is 11.8 Å². The van der Waals surface area contributed by atoms with Crippen LogP contribution in [-0.4, -0.2) is 5.91 Å². The Labute approximate surface area is 110 Å². The smallest absolute Gasteiger partial charge is 0.227 e. The molecule has 3 heteroatoms. The van der Waals surface area contributed by atoms with Gasteiger partial charge in [0.15, 0.2) is 0 Å². The van der Waals surface area contributed by atoms with Gasteiger partial charge in [-0.15, -0.1) is 0 Å². The topological polar surface area (TPSA) is 29.1 Å². The van der Waals surface area contributed by atoms with Gasteiger partial charge in [-0.25, -0.2) is 0 Å². The van der Waals surface area contributed by atoms with Crippen LogP contribution in [0.5, 0.6) is 0 Å². The van der Waals surface area contributed by atoms with Crippen molar-refractivity contribution in [3.63, 3.8) is 0 Å². The Morgan fingerprint density at radius 2 is 2.29 bits per heavy atom. The maximum absolute atomic E-state index is 12.0. The Hall–Kier alpha value is -1.09. The lowest BCUT2D eigenvalue weighted by Crippen LogP contribution is -2.24. The Bertz CT molecular complexity index is 453. The number of amides is 1. The quantitative estimate of drug-likeness (QED) is 0.816. The van der Waals surface area contributed by atoms with Crippen molar-refractivity contribution in [3.8, 4) is 0 Å². The van der Waals surface area contributed by atoms with Gasteiger partial charge in [0.2, 0.25) is 5.91 Å². The normalized spacial score (nSPS) is 19.6. The van der Waals surface area contributed by atoms with Gasteiger partial charge in [0.05, 0.1) is 0 Å². The molecule has 1 atom stereocenters. The number of hydrogen-bond donors (Lipinski definition) is 1. The van der Waals surface area contributed by atoms with Crippen molar-refractivity contribution in [3.05, 3.63) is 40.4 Å². The molecule has 1 unspecified atom stereocenters. The number of nitrogens with one attached hydrogen (secondary N) is 1. The molecule has 2 rings (SSSR count). The molecule has 2 nitrogen and oxygen atoms in total. The zero-order valence-corrected chi connectivity index (χ0v) is 11.5. The molecule has 1 aromatic rings. The van der Waals surface area contributed by atoms with E-state index < -0.39 is 0 Å². The van der Waals surface area contributed by atoms with Crippen molar-refractivity contribution in [1.82, 2.24) is 0 Å². The van der Waals surface area contributed by atoms with Gasteiger partial charge in [0.25, 0.3) is 0 Å². The first-order valence-electron chi connectivity index (χ1n) is 5.87. The van der Waals surface area contributed by atoms with Gasteiger partial charge in [0, 0.05) is 16.1 Å². The minimum Gasteiger partial charge on any atom is -0.326 e. The maximum atomic E-state index is 12.0. The van der Waals surface area contributed by atoms with E-state index in [1.54, 1.807) is 0 Å². The molecular weight excluding hydrogens is 278 g/mol. The van der Waals surface area contributed by atoms with Gasteiger partial charge >= 0.3 is 0 Å². The second-order valence-corrected chi connectivity index (χ2v) is 5.44. The summed E-state index contributed by atoms with van der Waals surface area (Å²) in [6.45, 7) is 2.13. The molecular formula is C14H16BrNO. The standard InChI is InChI=1S/C14H16BrNO/c1-10-5-7-11(8-6-10)14(17)16-13-4-2-3-12(15)9-13/h2-5,9,11H,6-8H2,1H3,(H,16,17). The number of hydrogen-bond acceptors (Lipinski definition) is 1. The van der Waals surface area contributed by atoms with Crippen molar-refractivity contribution in [2.45, 2.75) is 26.2 Å². The molecule has 0 spiro atoms. The van der Waals surface area contributed by atoms with Crippen molar-refractivity contribution >= 4 is 27.5 Å². The fourth-order valence-electron chi connectivity index (χ4n) is 2.01. The summed E-state index contributed by atoms with van der Waals surface area (Å²) in [4.78, 5) is 12.0. The van der Waals surface area contributed by atoms with Gasteiger partial charge in [-0.1, -0.05) is 33.6 Å². The molecule has 0 bridgehead atoms. The van der Waals surface area contributed by atoms with Crippen LogP contribution in [0.15, 0.2) is 40.4 Å². The first-order chi connectivity index (χ1) is 8.15. The highest BCUT2D eigenvalue weighted by Gasteiger charge is 2.20. The van der Waals surface area contributed by atoms with Gasteiger partial charge in [-0.2, -0.15) is 0 Å². The molecule has 17 heavy (non-hydrogen) atoms. The summed E-state index contributed by atoms with van der Waals surface area (Å²) in [5, 5.41) is 2.97. The van der Waals surface area contributed by atoms with Crippen molar-refractivity contribution < 1.29 is 4.79 Å². The first-order valence-corrected chi connectivity index (χ1v) is 6.66. The molecule has 0 radical (unpaired) electrons. The van der Waals surface area contributed by atoms with E-state index in [9.17, 15) is 4.79 Å². The first kappa shape index (κ1) is 12.4. The molecule has 0 saturated carbocycles. The largest absolute Gasteiger partial charge is 0.326 e. The summed E-state index contributed by atoms with van der Waals surface area (Å²) in [6, 6.07) is 7.70. The molecule has 0 heterocycles. The van der Waals surface area contributed by atoms with E-state index in [1.165, 1.54) is 5.57 Å². The van der Waals surface area contributed by atoms with E-state index in [0.29, 0.717) is 0 Å². The maximum Gasteiger partial charge on any atom is 0.227 e. The SMILES string of the molecule is CC1=CCC(C(=O)Nc2cccc(Br)c2)CC1. The monoisotopic (exact) mass is 293 g/mol. The summed E-state index contributed by atoms with van der Waals surface area (Å²) >= 11 is 3.40. The van der Waals surface area contributed by atoms with Crippen LogP contribution in [-0.2, 0) is 4.79 Å². The van der Waals surface area contributed by atoms with Crippen LogP contribution in [0.4, 0.5) is 5.69 Å². The van der Waals surface area contributed by atoms with E-state index in [0.717, 1.165) is 29.4 Å². The van der Waals surface area contributed by atoms with E-state index in [1.807, 2.05) is 24.3 Å². The highest BCUT2D eigenvalue weighted by molar-refractivity contribution is 9.10. The van der Waals surface area contributed by atoms with Crippen LogP contribution < -0.4 is 5.32 Å². The Morgan fingerprint density at radius 3 is 2.94 bits per heavy atom. The van der Waals surface area contributed by atoms with Crippen molar-refractivity contribution in [1.29, 1.82) is 0 Å². The van der Waals surface area contributed by atoms with Crippen LogP contribution in [0.25, 0.3) is 0 Å². The summed E-state index contributed by atoms with van der Waals surface area (Å²) in [5.41, 5.74) is 2.26. The van der Waals surface area contributed by atoms with Crippen LogP contribution in [0.1, 0.15) is 26.2 Å². The van der Waals surface area contributed by atoms with Crippen LogP contribution in [0.3, 0.4) is 0 Å². The summed E-state index contributed by atoms with van der Waals surface area (Å²) in [5.74, 6) is 0.254. The molecule has 1 aliphatic rings. The number of carbonyl (C=O) groups is 1. The lowest BCUT2D eigenvalue weighted by atomic mass is 9.89. The Morgan fingerprint density at radius 1 is 1.47 bits per heavy atom. The molecule has 0 saturated heterocycles. The zero-order chi connectivity index (χ0) is 12.3. The van der Waals surface area contributed by atoms with Crippen LogP contribution >= 0.6 is 15.9 Å². The second-order valence-electron chi connectivity index (χ2n) is 4.52. The van der Waals surface area contributed by atoms with Crippen molar-refractivity contribution in [2.24, 2.45) is 5.92 Å².